The highest BCUT2D eigenvalue weighted by atomic mass is 16.5. The van der Waals surface area contributed by atoms with Gasteiger partial charge in [-0.05, 0) is 36.4 Å². The van der Waals surface area contributed by atoms with Crippen LogP contribution < -0.4 is 15.0 Å². The lowest BCUT2D eigenvalue weighted by Gasteiger charge is -2.21. The minimum absolute atomic E-state index is 0.756. The van der Waals surface area contributed by atoms with Crippen LogP contribution in [0, 0.1) is 0 Å². The molecule has 0 fully saturated rings. The molecule has 1 heterocycles. The van der Waals surface area contributed by atoms with Crippen LogP contribution in [0.3, 0.4) is 0 Å². The molecular formula is C21H19N3O. The second-order valence-corrected chi connectivity index (χ2v) is 5.85. The van der Waals surface area contributed by atoms with Crippen molar-refractivity contribution in [3.63, 3.8) is 0 Å². The molecule has 1 aliphatic heterocycles. The van der Waals surface area contributed by atoms with E-state index in [0.29, 0.717) is 0 Å². The fraction of sp³-hybridized carbons (Fsp3) is 0.0952. The molecule has 124 valence electrons. The molecule has 4 nitrogen and oxygen atoms in total. The zero-order valence-corrected chi connectivity index (χ0v) is 14.2. The Morgan fingerprint density at radius 1 is 0.840 bits per heavy atom. The van der Waals surface area contributed by atoms with Gasteiger partial charge >= 0.3 is 0 Å². The number of ether oxygens (including phenoxy) is 1. The predicted molar refractivity (Wildman–Crippen MR) is 104 cm³/mol. The first-order chi connectivity index (χ1) is 12.3. The highest BCUT2D eigenvalue weighted by molar-refractivity contribution is 6.17. The van der Waals surface area contributed by atoms with Crippen molar-refractivity contribution in [1.29, 1.82) is 0 Å². The average molecular weight is 329 g/mol. The summed E-state index contributed by atoms with van der Waals surface area (Å²) in [7, 11) is 3.71. The van der Waals surface area contributed by atoms with Crippen molar-refractivity contribution in [1.82, 2.24) is 0 Å². The van der Waals surface area contributed by atoms with Crippen LogP contribution in [0.2, 0.25) is 0 Å². The molecule has 0 bridgehead atoms. The molecule has 0 aromatic heterocycles. The van der Waals surface area contributed by atoms with Gasteiger partial charge < -0.3 is 15.0 Å². The van der Waals surface area contributed by atoms with Crippen molar-refractivity contribution in [2.45, 2.75) is 0 Å². The van der Waals surface area contributed by atoms with E-state index >= 15 is 0 Å². The molecule has 4 rings (SSSR count). The molecule has 3 aromatic carbocycles. The third kappa shape index (κ3) is 2.72. The minimum Gasteiger partial charge on any atom is -0.494 e. The summed E-state index contributed by atoms with van der Waals surface area (Å²) in [6.07, 6.45) is 0. The molecule has 0 saturated carbocycles. The first-order valence-electron chi connectivity index (χ1n) is 8.19. The summed E-state index contributed by atoms with van der Waals surface area (Å²) in [5.74, 6) is 1.63. The highest BCUT2D eigenvalue weighted by Gasteiger charge is 2.22. The lowest BCUT2D eigenvalue weighted by Crippen LogP contribution is -2.26. The van der Waals surface area contributed by atoms with Gasteiger partial charge in [-0.15, -0.1) is 0 Å². The Balaban J connectivity index is 1.95. The SMILES string of the molecule is COc1ccccc1N=C1c2ccccc2Nc2ccccc2N1C. The van der Waals surface area contributed by atoms with Crippen LogP contribution in [-0.2, 0) is 0 Å². The summed E-state index contributed by atoms with van der Waals surface area (Å²) in [6.45, 7) is 0. The number of nitrogens with zero attached hydrogens (tertiary/aromatic N) is 2. The zero-order chi connectivity index (χ0) is 17.2. The molecule has 0 aliphatic carbocycles. The maximum absolute atomic E-state index is 5.47. The Kier molecular flexibility index (Phi) is 3.86. The van der Waals surface area contributed by atoms with E-state index in [4.69, 9.17) is 9.73 Å². The van der Waals surface area contributed by atoms with Crippen LogP contribution in [0.4, 0.5) is 22.7 Å². The number of amidine groups is 1. The van der Waals surface area contributed by atoms with Gasteiger partial charge in [0.25, 0.3) is 0 Å². The van der Waals surface area contributed by atoms with E-state index in [-0.39, 0.29) is 0 Å². The molecule has 0 spiro atoms. The van der Waals surface area contributed by atoms with Gasteiger partial charge in [0, 0.05) is 18.3 Å². The zero-order valence-electron chi connectivity index (χ0n) is 14.2. The van der Waals surface area contributed by atoms with Gasteiger partial charge in [0.15, 0.2) is 0 Å². The van der Waals surface area contributed by atoms with Crippen molar-refractivity contribution in [2.24, 2.45) is 4.99 Å². The summed E-state index contributed by atoms with van der Waals surface area (Å²) >= 11 is 0. The van der Waals surface area contributed by atoms with Crippen LogP contribution in [0.25, 0.3) is 0 Å². The number of hydrogen-bond donors (Lipinski definition) is 1. The number of nitrogens with one attached hydrogen (secondary N) is 1. The average Bonchev–Trinajstić information content (AvgIpc) is 2.78. The quantitative estimate of drug-likeness (QED) is 0.721. The molecule has 1 N–H and O–H groups in total. The first kappa shape index (κ1) is 15.3. The molecule has 0 saturated heterocycles. The number of methoxy groups -OCH3 is 1. The van der Waals surface area contributed by atoms with Crippen LogP contribution in [0.15, 0.2) is 77.8 Å². The monoisotopic (exact) mass is 329 g/mol. The lowest BCUT2D eigenvalue weighted by molar-refractivity contribution is 0.416. The summed E-state index contributed by atoms with van der Waals surface area (Å²) in [5, 5.41) is 3.52. The Hall–Kier alpha value is -3.27. The smallest absolute Gasteiger partial charge is 0.144 e. The molecule has 25 heavy (non-hydrogen) atoms. The van der Waals surface area contributed by atoms with Gasteiger partial charge in [-0.3, -0.25) is 0 Å². The molecule has 1 aliphatic rings. The van der Waals surface area contributed by atoms with E-state index in [1.54, 1.807) is 7.11 Å². The minimum atomic E-state index is 0.756. The summed E-state index contributed by atoms with van der Waals surface area (Å²) in [5.41, 5.74) is 5.02. The Morgan fingerprint density at radius 3 is 2.36 bits per heavy atom. The number of anilines is 3. The molecule has 0 atom stereocenters. The first-order valence-corrected chi connectivity index (χ1v) is 8.19. The van der Waals surface area contributed by atoms with Gasteiger partial charge in [0.2, 0.25) is 0 Å². The fourth-order valence-electron chi connectivity index (χ4n) is 3.07. The summed E-state index contributed by atoms with van der Waals surface area (Å²) in [4.78, 5) is 7.06. The lowest BCUT2D eigenvalue weighted by atomic mass is 10.1. The number of para-hydroxylation sites is 5. The van der Waals surface area contributed by atoms with Gasteiger partial charge in [-0.1, -0.05) is 36.4 Å². The van der Waals surface area contributed by atoms with E-state index in [1.807, 2.05) is 55.6 Å². The summed E-state index contributed by atoms with van der Waals surface area (Å²) in [6, 6.07) is 24.3. The van der Waals surface area contributed by atoms with Crippen molar-refractivity contribution in [3.05, 3.63) is 78.4 Å². The molecular weight excluding hydrogens is 310 g/mol. The topological polar surface area (TPSA) is 36.9 Å². The van der Waals surface area contributed by atoms with Gasteiger partial charge in [-0.2, -0.15) is 0 Å². The third-order valence-electron chi connectivity index (χ3n) is 4.33. The second-order valence-electron chi connectivity index (χ2n) is 5.85. The standard InChI is InChI=1S/C21H19N3O/c1-24-19-13-7-5-11-17(19)22-16-10-4-3-9-15(16)21(24)23-18-12-6-8-14-20(18)25-2/h3-14,22H,1-2H3. The maximum atomic E-state index is 5.47. The van der Waals surface area contributed by atoms with Crippen molar-refractivity contribution < 1.29 is 4.74 Å². The van der Waals surface area contributed by atoms with Gasteiger partial charge in [0.1, 0.15) is 17.3 Å². The number of aliphatic imine (C=N–C) groups is 1. The number of hydrogen-bond acceptors (Lipinski definition) is 3. The molecule has 0 unspecified atom stereocenters. The Morgan fingerprint density at radius 2 is 1.52 bits per heavy atom. The van der Waals surface area contributed by atoms with Crippen LogP contribution in [0.5, 0.6) is 5.75 Å². The van der Waals surface area contributed by atoms with Crippen LogP contribution in [-0.4, -0.2) is 20.0 Å². The number of fused-ring (bicyclic) bond motifs is 2. The Bertz CT molecular complexity index is 949. The summed E-state index contributed by atoms with van der Waals surface area (Å²) < 4.78 is 5.47. The predicted octanol–water partition coefficient (Wildman–Crippen LogP) is 4.97. The van der Waals surface area contributed by atoms with Crippen molar-refractivity contribution in [2.75, 3.05) is 24.4 Å². The fourth-order valence-corrected chi connectivity index (χ4v) is 3.07. The van der Waals surface area contributed by atoms with E-state index in [9.17, 15) is 0 Å². The molecule has 4 heteroatoms. The van der Waals surface area contributed by atoms with E-state index < -0.39 is 0 Å². The van der Waals surface area contributed by atoms with Crippen LogP contribution >= 0.6 is 0 Å². The van der Waals surface area contributed by atoms with E-state index in [1.165, 1.54) is 0 Å². The highest BCUT2D eigenvalue weighted by Crippen LogP contribution is 2.36. The molecule has 0 radical (unpaired) electrons. The Labute approximate surface area is 147 Å². The van der Waals surface area contributed by atoms with Gasteiger partial charge in [0.05, 0.1) is 18.5 Å². The van der Waals surface area contributed by atoms with Crippen molar-refractivity contribution >= 4 is 28.6 Å². The van der Waals surface area contributed by atoms with E-state index in [2.05, 4.69) is 34.5 Å². The largest absolute Gasteiger partial charge is 0.494 e. The number of rotatable bonds is 2. The third-order valence-corrected chi connectivity index (χ3v) is 4.33. The molecule has 3 aromatic rings. The second kappa shape index (κ2) is 6.32. The maximum Gasteiger partial charge on any atom is 0.144 e. The molecule has 0 amide bonds. The van der Waals surface area contributed by atoms with Crippen molar-refractivity contribution in [3.8, 4) is 5.75 Å². The number of benzene rings is 3. The van der Waals surface area contributed by atoms with Gasteiger partial charge in [-0.25, -0.2) is 4.99 Å². The van der Waals surface area contributed by atoms with E-state index in [0.717, 1.165) is 39.9 Å². The van der Waals surface area contributed by atoms with Crippen LogP contribution in [0.1, 0.15) is 5.56 Å². The normalized spacial score (nSPS) is 14.3.